The normalized spacial score (nSPS) is 15.9. The Kier molecular flexibility index (Phi) is 9.04. The van der Waals surface area contributed by atoms with Gasteiger partial charge in [0.1, 0.15) is 17.1 Å². The van der Waals surface area contributed by atoms with E-state index in [1.165, 1.54) is 0 Å². The molecule has 178 valence electrons. The molecule has 1 aromatic carbocycles. The highest BCUT2D eigenvalue weighted by Gasteiger charge is 2.24. The van der Waals surface area contributed by atoms with Crippen molar-refractivity contribution in [2.24, 2.45) is 4.99 Å². The van der Waals surface area contributed by atoms with Crippen molar-refractivity contribution < 1.29 is 9.47 Å². The minimum atomic E-state index is 0. The van der Waals surface area contributed by atoms with Gasteiger partial charge in [0.15, 0.2) is 5.96 Å². The largest absolute Gasteiger partial charge is 0.497 e. The molecule has 1 aliphatic rings. The van der Waals surface area contributed by atoms with Crippen molar-refractivity contribution in [2.75, 3.05) is 45.3 Å². The Hall–Kier alpha value is -2.69. The Bertz CT molecular complexity index is 1010. The molecule has 4 rings (SSSR count). The molecule has 1 fully saturated rings. The molecule has 1 unspecified atom stereocenters. The molecule has 1 saturated heterocycles. The average molecular weight is 564 g/mol. The maximum atomic E-state index is 5.42. The van der Waals surface area contributed by atoms with Crippen molar-refractivity contribution in [1.29, 1.82) is 0 Å². The Morgan fingerprint density at radius 3 is 2.67 bits per heavy atom. The lowest BCUT2D eigenvalue weighted by atomic mass is 10.2. The zero-order valence-electron chi connectivity index (χ0n) is 19.5. The van der Waals surface area contributed by atoms with Crippen LogP contribution in [0.25, 0.3) is 5.65 Å². The monoisotopic (exact) mass is 564 g/mol. The zero-order valence-corrected chi connectivity index (χ0v) is 21.8. The number of rotatable bonds is 8. The summed E-state index contributed by atoms with van der Waals surface area (Å²) in [7, 11) is 3.36. The number of fused-ring (bicyclic) bond motifs is 1. The number of ether oxygens (including phenoxy) is 2. The predicted molar refractivity (Wildman–Crippen MR) is 144 cm³/mol. The van der Waals surface area contributed by atoms with E-state index in [1.807, 2.05) is 34.9 Å². The van der Waals surface area contributed by atoms with Crippen molar-refractivity contribution in [2.45, 2.75) is 25.8 Å². The topological polar surface area (TPSA) is 75.4 Å². The van der Waals surface area contributed by atoms with Crippen LogP contribution in [0.15, 0.2) is 53.8 Å². The molecule has 2 N–H and O–H groups in total. The maximum Gasteiger partial charge on any atom is 0.191 e. The number of halogens is 1. The van der Waals surface area contributed by atoms with Gasteiger partial charge in [0.05, 0.1) is 19.9 Å². The Balaban J connectivity index is 0.00000306. The average Bonchev–Trinajstić information content (AvgIpc) is 3.45. The number of nitrogens with one attached hydrogen (secondary N) is 2. The van der Waals surface area contributed by atoms with Crippen molar-refractivity contribution in [1.82, 2.24) is 20.0 Å². The molecule has 1 aliphatic heterocycles. The summed E-state index contributed by atoms with van der Waals surface area (Å²) in [5.74, 6) is 2.46. The second kappa shape index (κ2) is 12.0. The summed E-state index contributed by atoms with van der Waals surface area (Å²) in [5, 5.41) is 6.96. The highest BCUT2D eigenvalue weighted by molar-refractivity contribution is 14.0. The highest BCUT2D eigenvalue weighted by atomic mass is 127. The lowest BCUT2D eigenvalue weighted by Crippen LogP contribution is -2.44. The van der Waals surface area contributed by atoms with E-state index in [1.54, 1.807) is 14.2 Å². The van der Waals surface area contributed by atoms with Crippen LogP contribution in [0.2, 0.25) is 0 Å². The molecule has 3 aromatic rings. The van der Waals surface area contributed by atoms with E-state index in [-0.39, 0.29) is 24.0 Å². The minimum Gasteiger partial charge on any atom is -0.497 e. The number of pyridine rings is 1. The lowest BCUT2D eigenvalue weighted by Gasteiger charge is -2.21. The fourth-order valence-corrected chi connectivity index (χ4v) is 3.99. The van der Waals surface area contributed by atoms with Gasteiger partial charge >= 0.3 is 0 Å². The fourth-order valence-electron chi connectivity index (χ4n) is 3.99. The summed E-state index contributed by atoms with van der Waals surface area (Å²) < 4.78 is 12.9. The summed E-state index contributed by atoms with van der Waals surface area (Å²) >= 11 is 0. The molecule has 0 amide bonds. The number of nitrogens with zero attached hydrogens (tertiary/aromatic N) is 4. The van der Waals surface area contributed by atoms with E-state index in [4.69, 9.17) is 14.5 Å². The third-order valence-electron chi connectivity index (χ3n) is 5.63. The lowest BCUT2D eigenvalue weighted by molar-refractivity contribution is 0.394. The van der Waals surface area contributed by atoms with Crippen LogP contribution in [0.1, 0.15) is 19.0 Å². The van der Waals surface area contributed by atoms with Gasteiger partial charge in [-0.3, -0.25) is 4.99 Å². The van der Waals surface area contributed by atoms with Gasteiger partial charge in [-0.2, -0.15) is 0 Å². The predicted octanol–water partition coefficient (Wildman–Crippen LogP) is 3.35. The maximum absolute atomic E-state index is 5.42. The molecule has 9 heteroatoms. The van der Waals surface area contributed by atoms with Crippen LogP contribution >= 0.6 is 24.0 Å². The van der Waals surface area contributed by atoms with E-state index in [0.29, 0.717) is 12.6 Å². The summed E-state index contributed by atoms with van der Waals surface area (Å²) in [4.78, 5) is 11.8. The molecule has 33 heavy (non-hydrogen) atoms. The van der Waals surface area contributed by atoms with Gasteiger partial charge in [0.25, 0.3) is 0 Å². The highest BCUT2D eigenvalue weighted by Crippen LogP contribution is 2.30. The van der Waals surface area contributed by atoms with Gasteiger partial charge in [0, 0.05) is 74.9 Å². The fraction of sp³-hybridized carbons (Fsp3) is 0.417. The first kappa shape index (κ1) is 24.9. The number of hydrogen-bond donors (Lipinski definition) is 2. The van der Waals surface area contributed by atoms with Gasteiger partial charge in [-0.1, -0.05) is 6.07 Å². The number of aliphatic imine (C=N–C) groups is 1. The van der Waals surface area contributed by atoms with Crippen LogP contribution in [0.5, 0.6) is 11.5 Å². The van der Waals surface area contributed by atoms with Gasteiger partial charge < -0.3 is 29.4 Å². The van der Waals surface area contributed by atoms with Crippen LogP contribution in [-0.2, 0) is 6.42 Å². The zero-order chi connectivity index (χ0) is 22.3. The third kappa shape index (κ3) is 6.43. The van der Waals surface area contributed by atoms with Gasteiger partial charge in [-0.05, 0) is 25.5 Å². The first-order valence-electron chi connectivity index (χ1n) is 11.1. The smallest absolute Gasteiger partial charge is 0.191 e. The molecule has 0 radical (unpaired) electrons. The minimum absolute atomic E-state index is 0. The number of hydrogen-bond acceptors (Lipinski definition) is 5. The van der Waals surface area contributed by atoms with Crippen molar-refractivity contribution in [3.8, 4) is 11.5 Å². The number of aromatic nitrogens is 2. The van der Waals surface area contributed by atoms with E-state index in [2.05, 4.69) is 45.8 Å². The van der Waals surface area contributed by atoms with Crippen LogP contribution in [0.4, 0.5) is 5.69 Å². The summed E-state index contributed by atoms with van der Waals surface area (Å²) in [6, 6.07) is 12.4. The Morgan fingerprint density at radius 1 is 1.18 bits per heavy atom. The van der Waals surface area contributed by atoms with E-state index in [9.17, 15) is 0 Å². The molecule has 0 spiro atoms. The molecule has 0 aliphatic carbocycles. The summed E-state index contributed by atoms with van der Waals surface area (Å²) in [6.45, 7) is 5.46. The first-order chi connectivity index (χ1) is 15.7. The number of benzene rings is 1. The summed E-state index contributed by atoms with van der Waals surface area (Å²) in [5.41, 5.74) is 3.13. The van der Waals surface area contributed by atoms with E-state index in [0.717, 1.165) is 67.0 Å². The van der Waals surface area contributed by atoms with Crippen molar-refractivity contribution in [3.63, 3.8) is 0 Å². The molecular formula is C24H33IN6O2. The van der Waals surface area contributed by atoms with Crippen molar-refractivity contribution >= 4 is 41.3 Å². The van der Waals surface area contributed by atoms with E-state index >= 15 is 0 Å². The number of guanidine groups is 1. The third-order valence-corrected chi connectivity index (χ3v) is 5.63. The molecule has 3 heterocycles. The van der Waals surface area contributed by atoms with Gasteiger partial charge in [-0.25, -0.2) is 4.98 Å². The molecule has 0 bridgehead atoms. The molecular weight excluding hydrogens is 531 g/mol. The van der Waals surface area contributed by atoms with Crippen LogP contribution in [0.3, 0.4) is 0 Å². The van der Waals surface area contributed by atoms with Gasteiger partial charge in [0.2, 0.25) is 0 Å². The molecule has 0 saturated carbocycles. The number of imidazole rings is 1. The second-order valence-electron chi connectivity index (χ2n) is 7.86. The van der Waals surface area contributed by atoms with E-state index < -0.39 is 0 Å². The molecule has 8 nitrogen and oxygen atoms in total. The van der Waals surface area contributed by atoms with Crippen LogP contribution < -0.4 is 25.0 Å². The summed E-state index contributed by atoms with van der Waals surface area (Å²) in [6.07, 6.45) is 5.93. The second-order valence-corrected chi connectivity index (χ2v) is 7.86. The quantitative estimate of drug-likeness (QED) is 0.249. The first-order valence-corrected chi connectivity index (χ1v) is 11.1. The molecule has 2 aromatic heterocycles. The standard InChI is InChI=1S/C24H32N6O2.HI/c1-4-25-24(26-10-8-18-17-30-11-6-5-7-23(30)27-18)28-19-9-12-29(16-19)20-13-21(31-2)15-22(14-20)32-3;/h5-7,11,13-15,17,19H,4,8-10,12,16H2,1-3H3,(H2,25,26,28);1H. The number of anilines is 1. The van der Waals surface area contributed by atoms with Crippen LogP contribution in [0, 0.1) is 0 Å². The SMILES string of the molecule is CCNC(=NCCc1cn2ccccc2n1)NC1CCN(c2cc(OC)cc(OC)c2)C1.I. The van der Waals surface area contributed by atoms with Crippen molar-refractivity contribution in [3.05, 3.63) is 54.5 Å². The van der Waals surface area contributed by atoms with Gasteiger partial charge in [-0.15, -0.1) is 24.0 Å². The molecule has 1 atom stereocenters. The Morgan fingerprint density at radius 2 is 1.97 bits per heavy atom. The number of methoxy groups -OCH3 is 2. The van der Waals surface area contributed by atoms with Crippen LogP contribution in [-0.4, -0.2) is 61.8 Å². The Labute approximate surface area is 212 Å².